The molecule has 1 saturated heterocycles. The van der Waals surface area contributed by atoms with Gasteiger partial charge in [-0.05, 0) is 36.7 Å². The maximum absolute atomic E-state index is 5.83. The quantitative estimate of drug-likeness (QED) is 0.922. The Hall–Kier alpha value is -0.580. The van der Waals surface area contributed by atoms with Gasteiger partial charge in [0.05, 0.1) is 13.2 Å². The molecule has 16 heavy (non-hydrogen) atoms. The fourth-order valence-electron chi connectivity index (χ4n) is 1.77. The van der Waals surface area contributed by atoms with Crippen LogP contribution in [0, 0.1) is 0 Å². The summed E-state index contributed by atoms with van der Waals surface area (Å²) in [6.45, 7) is 2.15. The average molecular weight is 286 g/mol. The van der Waals surface area contributed by atoms with E-state index >= 15 is 0 Å². The summed E-state index contributed by atoms with van der Waals surface area (Å²) in [5.41, 5.74) is 6.75. The molecule has 0 amide bonds. The number of nitrogens with two attached hydrogens (primary N) is 1. The highest BCUT2D eigenvalue weighted by atomic mass is 79.9. The third-order valence-corrected chi connectivity index (χ3v) is 3.40. The summed E-state index contributed by atoms with van der Waals surface area (Å²) in [4.78, 5) is 0. The van der Waals surface area contributed by atoms with Crippen molar-refractivity contribution in [2.24, 2.45) is 5.73 Å². The lowest BCUT2D eigenvalue weighted by Crippen LogP contribution is -2.15. The second-order valence-electron chi connectivity index (χ2n) is 3.90. The summed E-state index contributed by atoms with van der Waals surface area (Å²) in [7, 11) is 0. The van der Waals surface area contributed by atoms with Crippen LogP contribution in [-0.4, -0.2) is 25.9 Å². The topological polar surface area (TPSA) is 44.5 Å². The highest BCUT2D eigenvalue weighted by molar-refractivity contribution is 9.10. The van der Waals surface area contributed by atoms with E-state index in [1.54, 1.807) is 0 Å². The molecule has 1 unspecified atom stereocenters. The molecular formula is C12H16BrNO2. The van der Waals surface area contributed by atoms with Crippen molar-refractivity contribution in [3.8, 4) is 5.75 Å². The number of hydrogen-bond acceptors (Lipinski definition) is 3. The summed E-state index contributed by atoms with van der Waals surface area (Å²) < 4.78 is 12.2. The fraction of sp³-hybridized carbons (Fsp3) is 0.500. The molecule has 1 atom stereocenters. The number of rotatable bonds is 4. The number of ether oxygens (including phenoxy) is 2. The standard InChI is InChI=1S/C12H16BrNO2/c13-12-2-1-10(7-9(12)3-5-14)16-11-4-6-15-8-11/h1-2,7,11H,3-6,8,14H2. The normalized spacial score (nSPS) is 20.0. The van der Waals surface area contributed by atoms with E-state index in [-0.39, 0.29) is 6.10 Å². The Morgan fingerprint density at radius 1 is 1.50 bits per heavy atom. The van der Waals surface area contributed by atoms with Gasteiger partial charge in [0.1, 0.15) is 11.9 Å². The molecule has 0 aliphatic carbocycles. The highest BCUT2D eigenvalue weighted by Gasteiger charge is 2.17. The molecule has 1 heterocycles. The Balaban J connectivity index is 2.05. The van der Waals surface area contributed by atoms with Crippen molar-refractivity contribution < 1.29 is 9.47 Å². The van der Waals surface area contributed by atoms with Crippen molar-refractivity contribution in [1.29, 1.82) is 0 Å². The molecule has 1 aromatic rings. The zero-order valence-corrected chi connectivity index (χ0v) is 10.7. The van der Waals surface area contributed by atoms with Gasteiger partial charge in [0.15, 0.2) is 0 Å². The van der Waals surface area contributed by atoms with Crippen molar-refractivity contribution in [2.75, 3.05) is 19.8 Å². The molecule has 0 spiro atoms. The Morgan fingerprint density at radius 3 is 3.06 bits per heavy atom. The Bertz CT molecular complexity index is 351. The predicted molar refractivity (Wildman–Crippen MR) is 66.8 cm³/mol. The van der Waals surface area contributed by atoms with Gasteiger partial charge in [-0.2, -0.15) is 0 Å². The molecule has 3 nitrogen and oxygen atoms in total. The number of hydrogen-bond donors (Lipinski definition) is 1. The molecule has 0 saturated carbocycles. The van der Waals surface area contributed by atoms with Gasteiger partial charge in [-0.3, -0.25) is 0 Å². The maximum Gasteiger partial charge on any atom is 0.124 e. The third-order valence-electron chi connectivity index (χ3n) is 2.62. The molecule has 0 radical (unpaired) electrons. The molecule has 1 aromatic carbocycles. The molecular weight excluding hydrogens is 270 g/mol. The number of halogens is 1. The molecule has 1 aliphatic rings. The van der Waals surface area contributed by atoms with Gasteiger partial charge in [0.25, 0.3) is 0 Å². The van der Waals surface area contributed by atoms with E-state index in [0.29, 0.717) is 13.2 Å². The smallest absolute Gasteiger partial charge is 0.124 e. The summed E-state index contributed by atoms with van der Waals surface area (Å²) in [5.74, 6) is 0.905. The predicted octanol–water partition coefficient (Wildman–Crippen LogP) is 2.12. The Labute approximate surface area is 104 Å². The SMILES string of the molecule is NCCc1cc(OC2CCOC2)ccc1Br. The van der Waals surface area contributed by atoms with E-state index in [2.05, 4.69) is 22.0 Å². The van der Waals surface area contributed by atoms with E-state index in [1.807, 2.05) is 12.1 Å². The second kappa shape index (κ2) is 5.66. The molecule has 1 fully saturated rings. The van der Waals surface area contributed by atoms with Crippen LogP contribution in [0.4, 0.5) is 0 Å². The van der Waals surface area contributed by atoms with Crippen molar-refractivity contribution in [1.82, 2.24) is 0 Å². The van der Waals surface area contributed by atoms with E-state index in [9.17, 15) is 0 Å². The van der Waals surface area contributed by atoms with Gasteiger partial charge in [0, 0.05) is 10.9 Å². The van der Waals surface area contributed by atoms with E-state index in [4.69, 9.17) is 15.2 Å². The maximum atomic E-state index is 5.83. The van der Waals surface area contributed by atoms with Gasteiger partial charge >= 0.3 is 0 Å². The van der Waals surface area contributed by atoms with Gasteiger partial charge in [0.2, 0.25) is 0 Å². The molecule has 88 valence electrons. The van der Waals surface area contributed by atoms with Crippen molar-refractivity contribution in [2.45, 2.75) is 18.9 Å². The minimum absolute atomic E-state index is 0.201. The van der Waals surface area contributed by atoms with Crippen LogP contribution >= 0.6 is 15.9 Å². The fourth-order valence-corrected chi connectivity index (χ4v) is 2.21. The number of benzene rings is 1. The van der Waals surface area contributed by atoms with E-state index < -0.39 is 0 Å². The van der Waals surface area contributed by atoms with Gasteiger partial charge in [-0.1, -0.05) is 15.9 Å². The second-order valence-corrected chi connectivity index (χ2v) is 4.75. The molecule has 4 heteroatoms. The highest BCUT2D eigenvalue weighted by Crippen LogP contribution is 2.24. The lowest BCUT2D eigenvalue weighted by Gasteiger charge is -2.13. The zero-order valence-electron chi connectivity index (χ0n) is 9.12. The van der Waals surface area contributed by atoms with Crippen LogP contribution in [-0.2, 0) is 11.2 Å². The first kappa shape index (κ1) is 11.9. The minimum Gasteiger partial charge on any atom is -0.488 e. The van der Waals surface area contributed by atoms with Crippen LogP contribution in [0.3, 0.4) is 0 Å². The third kappa shape index (κ3) is 2.97. The molecule has 2 N–H and O–H groups in total. The summed E-state index contributed by atoms with van der Waals surface area (Å²) >= 11 is 3.51. The zero-order chi connectivity index (χ0) is 11.4. The first-order valence-corrected chi connectivity index (χ1v) is 6.32. The first-order valence-electron chi connectivity index (χ1n) is 5.52. The lowest BCUT2D eigenvalue weighted by molar-refractivity contribution is 0.141. The van der Waals surface area contributed by atoms with Crippen molar-refractivity contribution >= 4 is 15.9 Å². The largest absolute Gasteiger partial charge is 0.488 e. The van der Waals surface area contributed by atoms with Crippen LogP contribution in [0.15, 0.2) is 22.7 Å². The molecule has 0 bridgehead atoms. The summed E-state index contributed by atoms with van der Waals surface area (Å²) in [6.07, 6.45) is 2.04. The van der Waals surface area contributed by atoms with Crippen molar-refractivity contribution in [3.05, 3.63) is 28.2 Å². The van der Waals surface area contributed by atoms with Crippen LogP contribution in [0.5, 0.6) is 5.75 Å². The van der Waals surface area contributed by atoms with Crippen LogP contribution in [0.1, 0.15) is 12.0 Å². The first-order chi connectivity index (χ1) is 7.79. The van der Waals surface area contributed by atoms with Gasteiger partial charge in [-0.15, -0.1) is 0 Å². The van der Waals surface area contributed by atoms with Crippen LogP contribution in [0.25, 0.3) is 0 Å². The van der Waals surface area contributed by atoms with Crippen molar-refractivity contribution in [3.63, 3.8) is 0 Å². The molecule has 0 aromatic heterocycles. The minimum atomic E-state index is 0.201. The summed E-state index contributed by atoms with van der Waals surface area (Å²) in [5, 5.41) is 0. The van der Waals surface area contributed by atoms with Crippen LogP contribution < -0.4 is 10.5 Å². The Kier molecular flexibility index (Phi) is 4.21. The Morgan fingerprint density at radius 2 is 2.38 bits per heavy atom. The summed E-state index contributed by atoms with van der Waals surface area (Å²) in [6, 6.07) is 6.04. The average Bonchev–Trinajstić information content (AvgIpc) is 2.76. The van der Waals surface area contributed by atoms with Gasteiger partial charge < -0.3 is 15.2 Å². The van der Waals surface area contributed by atoms with Gasteiger partial charge in [-0.25, -0.2) is 0 Å². The van der Waals surface area contributed by atoms with E-state index in [1.165, 1.54) is 5.56 Å². The lowest BCUT2D eigenvalue weighted by atomic mass is 10.1. The molecule has 2 rings (SSSR count). The van der Waals surface area contributed by atoms with Crippen LogP contribution in [0.2, 0.25) is 0 Å². The monoisotopic (exact) mass is 285 g/mol. The van der Waals surface area contributed by atoms with E-state index in [0.717, 1.165) is 29.7 Å². The molecule has 1 aliphatic heterocycles.